The highest BCUT2D eigenvalue weighted by atomic mass is 16.6. The van der Waals surface area contributed by atoms with Crippen LogP contribution in [-0.4, -0.2) is 59.9 Å². The molecule has 37 heavy (non-hydrogen) atoms. The number of rotatable bonds is 12. The highest BCUT2D eigenvalue weighted by Crippen LogP contribution is 2.30. The SMILES string of the molecule is COc1ccc(CCN(Cc2ccco2)C(=O)CN(C(=O)c2cccc([N+](=O)[O-])c2)C2CC2)cc1OC. The summed E-state index contributed by atoms with van der Waals surface area (Å²) >= 11 is 0. The smallest absolute Gasteiger partial charge is 0.270 e. The standard InChI is InChI=1S/C27H29N3O7/c1-35-24-11-8-19(15-25(24)36-2)12-13-28(17-23-7-4-14-37-23)26(31)18-29(21-9-10-21)27(32)20-5-3-6-22(16-20)30(33)34/h3-8,11,14-16,21H,9-10,12-13,17-18H2,1-2H3. The highest BCUT2D eigenvalue weighted by molar-refractivity contribution is 5.97. The van der Waals surface area contributed by atoms with E-state index >= 15 is 0 Å². The first-order chi connectivity index (χ1) is 17.9. The maximum absolute atomic E-state index is 13.5. The lowest BCUT2D eigenvalue weighted by molar-refractivity contribution is -0.384. The normalized spacial score (nSPS) is 12.6. The average molecular weight is 508 g/mol. The highest BCUT2D eigenvalue weighted by Gasteiger charge is 2.35. The van der Waals surface area contributed by atoms with Gasteiger partial charge in [-0.25, -0.2) is 0 Å². The van der Waals surface area contributed by atoms with Crippen LogP contribution in [0.3, 0.4) is 0 Å². The van der Waals surface area contributed by atoms with Gasteiger partial charge in [0.1, 0.15) is 12.3 Å². The summed E-state index contributed by atoms with van der Waals surface area (Å²) in [4.78, 5) is 40.6. The van der Waals surface area contributed by atoms with E-state index in [1.54, 1.807) is 37.5 Å². The van der Waals surface area contributed by atoms with Crippen molar-refractivity contribution in [3.05, 3.63) is 87.9 Å². The van der Waals surface area contributed by atoms with Crippen LogP contribution >= 0.6 is 0 Å². The topological polar surface area (TPSA) is 115 Å². The van der Waals surface area contributed by atoms with Gasteiger partial charge < -0.3 is 23.7 Å². The Bertz CT molecular complexity index is 1250. The summed E-state index contributed by atoms with van der Waals surface area (Å²) in [5.41, 5.74) is 0.987. The Morgan fingerprint density at radius 3 is 2.49 bits per heavy atom. The molecule has 1 aliphatic carbocycles. The molecule has 0 N–H and O–H groups in total. The number of nitro benzene ring substituents is 1. The van der Waals surface area contributed by atoms with Crippen LogP contribution in [0.5, 0.6) is 11.5 Å². The molecular formula is C27H29N3O7. The molecule has 194 valence electrons. The number of nitro groups is 1. The van der Waals surface area contributed by atoms with E-state index in [1.165, 1.54) is 29.2 Å². The quantitative estimate of drug-likeness (QED) is 0.268. The van der Waals surface area contributed by atoms with E-state index in [1.807, 2.05) is 18.2 Å². The van der Waals surface area contributed by atoms with Crippen LogP contribution in [-0.2, 0) is 17.8 Å². The summed E-state index contributed by atoms with van der Waals surface area (Å²) in [6.45, 7) is 0.514. The maximum atomic E-state index is 13.5. The van der Waals surface area contributed by atoms with Gasteiger partial charge in [0, 0.05) is 30.3 Å². The Balaban J connectivity index is 1.50. The Morgan fingerprint density at radius 1 is 1.05 bits per heavy atom. The van der Waals surface area contributed by atoms with Crippen molar-refractivity contribution < 1.29 is 28.4 Å². The minimum atomic E-state index is -0.539. The van der Waals surface area contributed by atoms with Crippen molar-refractivity contribution >= 4 is 17.5 Å². The van der Waals surface area contributed by atoms with Crippen molar-refractivity contribution in [1.29, 1.82) is 0 Å². The lowest BCUT2D eigenvalue weighted by Gasteiger charge is -2.27. The third kappa shape index (κ3) is 6.46. The zero-order chi connectivity index (χ0) is 26.4. The summed E-state index contributed by atoms with van der Waals surface area (Å²) in [6.07, 6.45) is 3.68. The summed E-state index contributed by atoms with van der Waals surface area (Å²) in [7, 11) is 3.14. The molecule has 0 saturated heterocycles. The maximum Gasteiger partial charge on any atom is 0.270 e. The summed E-state index contributed by atoms with van der Waals surface area (Å²) in [6, 6.07) is 14.7. The van der Waals surface area contributed by atoms with E-state index in [9.17, 15) is 19.7 Å². The van der Waals surface area contributed by atoms with E-state index in [0.717, 1.165) is 18.4 Å². The average Bonchev–Trinajstić information content (AvgIpc) is 3.63. The molecule has 0 unspecified atom stereocenters. The van der Waals surface area contributed by atoms with Crippen LogP contribution in [0.4, 0.5) is 5.69 Å². The Kier molecular flexibility index (Phi) is 8.07. The molecule has 1 heterocycles. The van der Waals surface area contributed by atoms with E-state index in [4.69, 9.17) is 13.9 Å². The largest absolute Gasteiger partial charge is 0.493 e. The predicted molar refractivity (Wildman–Crippen MR) is 135 cm³/mol. The molecule has 0 aliphatic heterocycles. The molecule has 10 heteroatoms. The van der Waals surface area contributed by atoms with Crippen LogP contribution in [0.25, 0.3) is 0 Å². The van der Waals surface area contributed by atoms with Crippen LogP contribution in [0, 0.1) is 10.1 Å². The fourth-order valence-corrected chi connectivity index (χ4v) is 4.10. The zero-order valence-electron chi connectivity index (χ0n) is 20.8. The summed E-state index contributed by atoms with van der Waals surface area (Å²) in [5.74, 6) is 1.23. The summed E-state index contributed by atoms with van der Waals surface area (Å²) in [5, 5.41) is 11.2. The molecule has 3 aromatic rings. The number of ether oxygens (including phenoxy) is 2. The van der Waals surface area contributed by atoms with Gasteiger partial charge in [-0.05, 0) is 55.2 Å². The van der Waals surface area contributed by atoms with Crippen molar-refractivity contribution in [2.75, 3.05) is 27.3 Å². The molecule has 1 saturated carbocycles. The molecular weight excluding hydrogens is 478 g/mol. The van der Waals surface area contributed by atoms with Gasteiger partial charge in [0.25, 0.3) is 11.6 Å². The first kappa shape index (κ1) is 25.7. The molecule has 4 rings (SSSR count). The second-order valence-electron chi connectivity index (χ2n) is 8.81. The predicted octanol–water partition coefficient (Wildman–Crippen LogP) is 4.08. The lowest BCUT2D eigenvalue weighted by atomic mass is 10.1. The van der Waals surface area contributed by atoms with Crippen molar-refractivity contribution in [2.45, 2.75) is 31.8 Å². The van der Waals surface area contributed by atoms with Crippen molar-refractivity contribution in [3.8, 4) is 11.5 Å². The number of methoxy groups -OCH3 is 2. The molecule has 1 fully saturated rings. The van der Waals surface area contributed by atoms with Crippen LogP contribution in [0.15, 0.2) is 65.3 Å². The summed E-state index contributed by atoms with van der Waals surface area (Å²) < 4.78 is 16.2. The second kappa shape index (κ2) is 11.6. The zero-order valence-corrected chi connectivity index (χ0v) is 20.8. The van der Waals surface area contributed by atoms with E-state index in [2.05, 4.69) is 0 Å². The number of furan rings is 1. The number of carbonyl (C=O) groups is 2. The van der Waals surface area contributed by atoms with Gasteiger partial charge in [0.2, 0.25) is 5.91 Å². The number of carbonyl (C=O) groups excluding carboxylic acids is 2. The van der Waals surface area contributed by atoms with Gasteiger partial charge in [0.05, 0.1) is 32.0 Å². The minimum absolute atomic E-state index is 0.0629. The van der Waals surface area contributed by atoms with Crippen molar-refractivity contribution in [2.24, 2.45) is 0 Å². The molecule has 2 amide bonds. The van der Waals surface area contributed by atoms with Crippen LogP contribution in [0.1, 0.15) is 34.5 Å². The van der Waals surface area contributed by atoms with E-state index in [0.29, 0.717) is 30.2 Å². The first-order valence-corrected chi connectivity index (χ1v) is 12.0. The third-order valence-electron chi connectivity index (χ3n) is 6.26. The molecule has 0 atom stereocenters. The molecule has 0 radical (unpaired) electrons. The lowest BCUT2D eigenvalue weighted by Crippen LogP contribution is -2.44. The molecule has 2 aromatic carbocycles. The number of nitrogens with zero attached hydrogens (tertiary/aromatic N) is 3. The van der Waals surface area contributed by atoms with Crippen LogP contribution < -0.4 is 9.47 Å². The molecule has 1 aliphatic rings. The number of hydrogen-bond donors (Lipinski definition) is 0. The van der Waals surface area contributed by atoms with E-state index < -0.39 is 10.8 Å². The number of amides is 2. The van der Waals surface area contributed by atoms with Gasteiger partial charge in [0.15, 0.2) is 11.5 Å². The molecule has 10 nitrogen and oxygen atoms in total. The Hall–Kier alpha value is -4.34. The Labute approximate surface area is 214 Å². The Morgan fingerprint density at radius 2 is 1.84 bits per heavy atom. The molecule has 0 spiro atoms. The first-order valence-electron chi connectivity index (χ1n) is 12.0. The van der Waals surface area contributed by atoms with Crippen molar-refractivity contribution in [1.82, 2.24) is 9.80 Å². The van der Waals surface area contributed by atoms with Crippen molar-refractivity contribution in [3.63, 3.8) is 0 Å². The van der Waals surface area contributed by atoms with Gasteiger partial charge in [-0.2, -0.15) is 0 Å². The van der Waals surface area contributed by atoms with E-state index in [-0.39, 0.29) is 36.3 Å². The number of benzene rings is 2. The molecule has 1 aromatic heterocycles. The van der Waals surface area contributed by atoms with Gasteiger partial charge >= 0.3 is 0 Å². The fourth-order valence-electron chi connectivity index (χ4n) is 4.10. The fraction of sp³-hybridized carbons (Fsp3) is 0.333. The third-order valence-corrected chi connectivity index (χ3v) is 6.26. The number of hydrogen-bond acceptors (Lipinski definition) is 7. The van der Waals surface area contributed by atoms with Gasteiger partial charge in [-0.1, -0.05) is 12.1 Å². The van der Waals surface area contributed by atoms with Gasteiger partial charge in [-0.15, -0.1) is 0 Å². The van der Waals surface area contributed by atoms with Gasteiger partial charge in [-0.3, -0.25) is 19.7 Å². The van der Waals surface area contributed by atoms with Crippen LogP contribution in [0.2, 0.25) is 0 Å². The monoisotopic (exact) mass is 507 g/mol. The minimum Gasteiger partial charge on any atom is -0.493 e. The number of non-ortho nitro benzene ring substituents is 1. The molecule has 0 bridgehead atoms. The second-order valence-corrected chi connectivity index (χ2v) is 8.81.